The maximum atomic E-state index is 13.1. The van der Waals surface area contributed by atoms with Crippen LogP contribution in [-0.2, 0) is 19.6 Å². The number of hydrogen-bond donors (Lipinski definition) is 2. The number of nitrogens with zero attached hydrogens (tertiary/aromatic N) is 2. The van der Waals surface area contributed by atoms with Crippen LogP contribution in [-0.4, -0.2) is 76.5 Å². The molecule has 1 saturated heterocycles. The molecule has 0 radical (unpaired) electrons. The molecule has 0 atom stereocenters. The van der Waals surface area contributed by atoms with Crippen molar-refractivity contribution in [3.05, 3.63) is 18.2 Å². The minimum absolute atomic E-state index is 0.0988. The number of amides is 1. The topological polar surface area (TPSA) is 91.0 Å². The largest absolute Gasteiger partial charge is 0.379 e. The summed E-state index contributed by atoms with van der Waals surface area (Å²) in [5, 5.41) is 2.53. The zero-order valence-electron chi connectivity index (χ0n) is 16.7. The predicted octanol–water partition coefficient (Wildman–Crippen LogP) is 1.89. The fourth-order valence-electron chi connectivity index (χ4n) is 3.07. The van der Waals surface area contributed by atoms with Gasteiger partial charge >= 0.3 is 0 Å². The second-order valence-electron chi connectivity index (χ2n) is 6.50. The number of carbonyl (C=O) groups excluding carboxylic acids is 1. The van der Waals surface area contributed by atoms with E-state index in [-0.39, 0.29) is 11.4 Å². The molecule has 0 aliphatic carbocycles. The van der Waals surface area contributed by atoms with Gasteiger partial charge in [0.05, 0.1) is 18.9 Å². The number of rotatable bonds is 10. The zero-order valence-corrected chi connectivity index (χ0v) is 19.0. The molecule has 1 aliphatic rings. The third kappa shape index (κ3) is 6.97. The van der Waals surface area contributed by atoms with E-state index in [2.05, 4.69) is 14.9 Å². The molecule has 1 aromatic rings. The first-order valence-corrected chi connectivity index (χ1v) is 11.9. The normalized spacial score (nSPS) is 15.5. The molecule has 1 fully saturated rings. The predicted molar refractivity (Wildman–Crippen MR) is 117 cm³/mol. The van der Waals surface area contributed by atoms with Gasteiger partial charge in [-0.1, -0.05) is 23.2 Å². The van der Waals surface area contributed by atoms with Crippen LogP contribution >= 0.6 is 23.2 Å². The van der Waals surface area contributed by atoms with E-state index in [9.17, 15) is 13.2 Å². The maximum absolute atomic E-state index is 13.1. The smallest absolute Gasteiger partial charge is 0.257 e. The van der Waals surface area contributed by atoms with Crippen LogP contribution in [0.4, 0.5) is 11.4 Å². The molecule has 2 N–H and O–H groups in total. The average molecular weight is 467 g/mol. The number of ether oxygens (including phenoxy) is 1. The van der Waals surface area contributed by atoms with Gasteiger partial charge in [0.1, 0.15) is 4.90 Å². The van der Waals surface area contributed by atoms with E-state index >= 15 is 0 Å². The summed E-state index contributed by atoms with van der Waals surface area (Å²) in [4.78, 5) is 14.7. The molecular formula is C18H28Cl2N4O4S. The molecule has 11 heteroatoms. The highest BCUT2D eigenvalue weighted by Crippen LogP contribution is 2.29. The number of halogens is 2. The lowest BCUT2D eigenvalue weighted by molar-refractivity contribution is -0.114. The Morgan fingerprint density at radius 3 is 2.48 bits per heavy atom. The maximum Gasteiger partial charge on any atom is 0.257 e. The lowest BCUT2D eigenvalue weighted by Crippen LogP contribution is -2.41. The molecule has 0 unspecified atom stereocenters. The third-order valence-electron chi connectivity index (χ3n) is 4.64. The molecule has 1 heterocycles. The van der Waals surface area contributed by atoms with Gasteiger partial charge in [0.25, 0.3) is 5.91 Å². The summed E-state index contributed by atoms with van der Waals surface area (Å²) in [6.07, 6.45) is 0. The van der Waals surface area contributed by atoms with E-state index in [1.807, 2.05) is 18.7 Å². The van der Waals surface area contributed by atoms with Crippen LogP contribution in [0.15, 0.2) is 23.1 Å². The monoisotopic (exact) mass is 466 g/mol. The van der Waals surface area contributed by atoms with Crippen LogP contribution in [0.1, 0.15) is 13.8 Å². The Hall–Kier alpha value is -1.10. The molecular weight excluding hydrogens is 439 g/mol. The lowest BCUT2D eigenvalue weighted by Gasteiger charge is -2.27. The Labute approximate surface area is 182 Å². The summed E-state index contributed by atoms with van der Waals surface area (Å²) in [6.45, 7) is 8.94. The Bertz CT molecular complexity index is 782. The Morgan fingerprint density at radius 2 is 1.90 bits per heavy atom. The number of morpholine rings is 1. The summed E-state index contributed by atoms with van der Waals surface area (Å²) >= 11 is 11.2. The second-order valence-corrected chi connectivity index (χ2v) is 9.33. The van der Waals surface area contributed by atoms with E-state index in [0.717, 1.165) is 13.1 Å². The number of sulfonamides is 1. The van der Waals surface area contributed by atoms with Gasteiger partial charge < -0.3 is 15.0 Å². The molecule has 0 spiro atoms. The third-order valence-corrected chi connectivity index (χ3v) is 6.53. The van der Waals surface area contributed by atoms with Crippen molar-refractivity contribution in [2.45, 2.75) is 23.6 Å². The van der Waals surface area contributed by atoms with Gasteiger partial charge in [-0.25, -0.2) is 13.1 Å². The van der Waals surface area contributed by atoms with Crippen molar-refractivity contribution in [2.24, 2.45) is 0 Å². The molecule has 0 saturated carbocycles. The highest BCUT2D eigenvalue weighted by Gasteiger charge is 2.23. The SMILES string of the molecule is CCN(CC)c1ccc(NC(=O)C(Cl)Cl)cc1S(=O)(=O)NCCN1CCOCC1. The number of alkyl halides is 2. The fraction of sp³-hybridized carbons (Fsp3) is 0.611. The van der Waals surface area contributed by atoms with Gasteiger partial charge in [-0.3, -0.25) is 9.69 Å². The molecule has 29 heavy (non-hydrogen) atoms. The van der Waals surface area contributed by atoms with Crippen LogP contribution < -0.4 is 14.9 Å². The van der Waals surface area contributed by atoms with E-state index in [0.29, 0.717) is 44.2 Å². The van der Waals surface area contributed by atoms with Crippen molar-refractivity contribution >= 4 is 50.5 Å². The Morgan fingerprint density at radius 1 is 1.24 bits per heavy atom. The van der Waals surface area contributed by atoms with Gasteiger partial charge in [0, 0.05) is 45.0 Å². The Kier molecular flexibility index (Phi) is 9.45. The Balaban J connectivity index is 2.23. The van der Waals surface area contributed by atoms with Crippen LogP contribution in [0, 0.1) is 0 Å². The summed E-state index contributed by atoms with van der Waals surface area (Å²) in [6, 6.07) is 4.74. The van der Waals surface area contributed by atoms with E-state index in [1.165, 1.54) is 6.07 Å². The van der Waals surface area contributed by atoms with Crippen molar-refractivity contribution in [3.63, 3.8) is 0 Å². The zero-order chi connectivity index (χ0) is 21.4. The van der Waals surface area contributed by atoms with Crippen molar-refractivity contribution in [2.75, 3.05) is 62.7 Å². The van der Waals surface area contributed by atoms with Crippen LogP contribution in [0.25, 0.3) is 0 Å². The highest BCUT2D eigenvalue weighted by molar-refractivity contribution is 7.89. The molecule has 1 aliphatic heterocycles. The van der Waals surface area contributed by atoms with Gasteiger partial charge in [0.2, 0.25) is 10.0 Å². The molecule has 1 amide bonds. The van der Waals surface area contributed by atoms with Gasteiger partial charge in [0.15, 0.2) is 4.84 Å². The van der Waals surface area contributed by atoms with Crippen LogP contribution in [0.2, 0.25) is 0 Å². The van der Waals surface area contributed by atoms with Crippen LogP contribution in [0.5, 0.6) is 0 Å². The van der Waals surface area contributed by atoms with E-state index < -0.39 is 20.8 Å². The van der Waals surface area contributed by atoms with Gasteiger partial charge in [-0.2, -0.15) is 0 Å². The first-order valence-electron chi connectivity index (χ1n) is 9.56. The molecule has 164 valence electrons. The number of carbonyl (C=O) groups is 1. The second kappa shape index (κ2) is 11.3. The quantitative estimate of drug-likeness (QED) is 0.511. The average Bonchev–Trinajstić information content (AvgIpc) is 2.70. The highest BCUT2D eigenvalue weighted by atomic mass is 35.5. The van der Waals surface area contributed by atoms with Crippen molar-refractivity contribution in [3.8, 4) is 0 Å². The minimum atomic E-state index is -3.80. The summed E-state index contributed by atoms with van der Waals surface area (Å²) in [7, 11) is -3.80. The summed E-state index contributed by atoms with van der Waals surface area (Å²) in [5.41, 5.74) is 0.880. The fourth-order valence-corrected chi connectivity index (χ4v) is 4.45. The number of anilines is 2. The number of benzene rings is 1. The first kappa shape index (κ1) is 24.2. The molecule has 1 aromatic carbocycles. The molecule has 8 nitrogen and oxygen atoms in total. The lowest BCUT2D eigenvalue weighted by atomic mass is 10.2. The van der Waals surface area contributed by atoms with Crippen LogP contribution in [0.3, 0.4) is 0 Å². The number of hydrogen-bond acceptors (Lipinski definition) is 6. The van der Waals surface area contributed by atoms with Gasteiger partial charge in [-0.05, 0) is 32.0 Å². The van der Waals surface area contributed by atoms with Crippen molar-refractivity contribution < 1.29 is 17.9 Å². The van der Waals surface area contributed by atoms with Crippen molar-refractivity contribution in [1.82, 2.24) is 9.62 Å². The van der Waals surface area contributed by atoms with E-state index in [1.54, 1.807) is 12.1 Å². The molecule has 2 rings (SSSR count). The van der Waals surface area contributed by atoms with E-state index in [4.69, 9.17) is 27.9 Å². The minimum Gasteiger partial charge on any atom is -0.379 e. The molecule has 0 aromatic heterocycles. The summed E-state index contributed by atoms with van der Waals surface area (Å²) < 4.78 is 34.1. The first-order chi connectivity index (χ1) is 13.8. The standard InChI is InChI=1S/C18H28Cl2N4O4S/c1-3-24(4-2)15-6-5-14(22-18(25)17(19)20)13-16(15)29(26,27)21-7-8-23-9-11-28-12-10-23/h5-6,13,17,21H,3-4,7-12H2,1-2H3,(H,22,25). The van der Waals surface area contributed by atoms with Gasteiger partial charge in [-0.15, -0.1) is 0 Å². The number of nitrogens with one attached hydrogen (secondary N) is 2. The summed E-state index contributed by atoms with van der Waals surface area (Å²) in [5.74, 6) is -0.618. The molecule has 0 bridgehead atoms. The van der Waals surface area contributed by atoms with Crippen molar-refractivity contribution in [1.29, 1.82) is 0 Å².